The largest absolute Gasteiger partial charge is 0.493 e. The number of halogens is 3. The highest BCUT2D eigenvalue weighted by Crippen LogP contribution is 2.31. The quantitative estimate of drug-likeness (QED) is 0.775. The summed E-state index contributed by atoms with van der Waals surface area (Å²) >= 11 is 0. The summed E-state index contributed by atoms with van der Waals surface area (Å²) in [7, 11) is 1.51. The molecule has 1 amide bonds. The molecule has 5 nitrogen and oxygen atoms in total. The van der Waals surface area contributed by atoms with Gasteiger partial charge in [-0.2, -0.15) is 13.2 Å². The lowest BCUT2D eigenvalue weighted by atomic mass is 10.1. The number of rotatable bonds is 5. The smallest absolute Gasteiger partial charge is 0.416 e. The molecule has 0 saturated carbocycles. The van der Waals surface area contributed by atoms with Gasteiger partial charge in [0, 0.05) is 6.54 Å². The lowest BCUT2D eigenvalue weighted by molar-refractivity contribution is -0.141. The molecule has 1 aliphatic rings. The van der Waals surface area contributed by atoms with Crippen molar-refractivity contribution in [1.29, 1.82) is 0 Å². The topological polar surface area (TPSA) is 48.0 Å². The molecular formula is C20H20F3NO4. The van der Waals surface area contributed by atoms with Crippen molar-refractivity contribution in [3.63, 3.8) is 0 Å². The van der Waals surface area contributed by atoms with Crippen LogP contribution < -0.4 is 9.47 Å². The number of alkyl halides is 3. The number of ether oxygens (including phenoxy) is 3. The lowest BCUT2D eigenvalue weighted by Gasteiger charge is -2.33. The second-order valence-corrected chi connectivity index (χ2v) is 6.26. The number of carbonyl (C=O) groups excluding carboxylic acids is 1. The first-order chi connectivity index (χ1) is 13.4. The SMILES string of the molecule is COc1ccccc1OCC(=O)N1CCO[C@@H](c2ccc(C(F)(F)F)cc2)C1. The second kappa shape index (κ2) is 8.52. The third-order valence-electron chi connectivity index (χ3n) is 4.45. The Balaban J connectivity index is 1.60. The molecule has 0 spiro atoms. The fourth-order valence-corrected chi connectivity index (χ4v) is 2.93. The molecule has 1 aliphatic heterocycles. The Hall–Kier alpha value is -2.74. The van der Waals surface area contributed by atoms with Gasteiger partial charge in [0.2, 0.25) is 0 Å². The minimum absolute atomic E-state index is 0.167. The molecule has 0 unspecified atom stereocenters. The average molecular weight is 395 g/mol. The average Bonchev–Trinajstić information content (AvgIpc) is 2.71. The number of nitrogens with zero attached hydrogens (tertiary/aromatic N) is 1. The molecule has 3 rings (SSSR count). The van der Waals surface area contributed by atoms with Crippen LogP contribution in [0, 0.1) is 0 Å². The number of carbonyl (C=O) groups is 1. The first kappa shape index (κ1) is 20.0. The highest BCUT2D eigenvalue weighted by Gasteiger charge is 2.31. The number of morpholine rings is 1. The molecular weight excluding hydrogens is 375 g/mol. The lowest BCUT2D eigenvalue weighted by Crippen LogP contribution is -2.44. The molecule has 28 heavy (non-hydrogen) atoms. The Kier molecular flexibility index (Phi) is 6.08. The van der Waals surface area contributed by atoms with Crippen LogP contribution in [0.25, 0.3) is 0 Å². The van der Waals surface area contributed by atoms with Gasteiger partial charge in [0.1, 0.15) is 6.10 Å². The molecule has 1 atom stereocenters. The van der Waals surface area contributed by atoms with Crippen molar-refractivity contribution >= 4 is 5.91 Å². The first-order valence-corrected chi connectivity index (χ1v) is 8.71. The maximum atomic E-state index is 12.7. The summed E-state index contributed by atoms with van der Waals surface area (Å²) in [5.41, 5.74) is -0.124. The highest BCUT2D eigenvalue weighted by molar-refractivity contribution is 5.78. The van der Waals surface area contributed by atoms with Crippen molar-refractivity contribution < 1.29 is 32.2 Å². The molecule has 150 valence electrons. The van der Waals surface area contributed by atoms with Crippen LogP contribution in [-0.2, 0) is 15.7 Å². The third kappa shape index (κ3) is 4.75. The maximum Gasteiger partial charge on any atom is 0.416 e. The second-order valence-electron chi connectivity index (χ2n) is 6.26. The number of amides is 1. The van der Waals surface area contributed by atoms with Crippen molar-refractivity contribution in [3.8, 4) is 11.5 Å². The van der Waals surface area contributed by atoms with Gasteiger partial charge < -0.3 is 19.1 Å². The molecule has 1 saturated heterocycles. The summed E-state index contributed by atoms with van der Waals surface area (Å²) in [6.45, 7) is 0.775. The Morgan fingerprint density at radius 1 is 1.14 bits per heavy atom. The number of benzene rings is 2. The van der Waals surface area contributed by atoms with Gasteiger partial charge in [-0.15, -0.1) is 0 Å². The normalized spacial score (nSPS) is 17.3. The summed E-state index contributed by atoms with van der Waals surface area (Å²) in [4.78, 5) is 14.1. The molecule has 0 radical (unpaired) electrons. The van der Waals surface area contributed by atoms with E-state index in [0.29, 0.717) is 30.2 Å². The van der Waals surface area contributed by atoms with Crippen LogP contribution >= 0.6 is 0 Å². The molecule has 1 heterocycles. The summed E-state index contributed by atoms with van der Waals surface area (Å²) < 4.78 is 54.5. The third-order valence-corrected chi connectivity index (χ3v) is 4.45. The van der Waals surface area contributed by atoms with Gasteiger partial charge in [0.05, 0.1) is 25.8 Å². The van der Waals surface area contributed by atoms with E-state index in [2.05, 4.69) is 0 Å². The van der Waals surface area contributed by atoms with Crippen LogP contribution in [0.15, 0.2) is 48.5 Å². The van der Waals surface area contributed by atoms with Crippen molar-refractivity contribution in [1.82, 2.24) is 4.90 Å². The van der Waals surface area contributed by atoms with E-state index in [0.717, 1.165) is 12.1 Å². The van der Waals surface area contributed by atoms with Crippen LogP contribution in [0.5, 0.6) is 11.5 Å². The molecule has 0 N–H and O–H groups in total. The van der Waals surface area contributed by atoms with Crippen molar-refractivity contribution in [2.75, 3.05) is 33.4 Å². The molecule has 0 aliphatic carbocycles. The zero-order chi connectivity index (χ0) is 20.1. The Labute approximate surface area is 160 Å². The predicted octanol–water partition coefficient (Wildman–Crippen LogP) is 3.69. The standard InChI is InChI=1S/C20H20F3NO4/c1-26-16-4-2-3-5-17(16)28-13-19(25)24-10-11-27-18(12-24)14-6-8-15(9-7-14)20(21,22)23/h2-9,18H,10-13H2,1H3/t18-/m1/s1. The van der Waals surface area contributed by atoms with Crippen LogP contribution in [0.3, 0.4) is 0 Å². The predicted molar refractivity (Wildman–Crippen MR) is 95.2 cm³/mol. The van der Waals surface area contributed by atoms with Crippen LogP contribution in [-0.4, -0.2) is 44.2 Å². The van der Waals surface area contributed by atoms with E-state index < -0.39 is 17.8 Å². The first-order valence-electron chi connectivity index (χ1n) is 8.71. The summed E-state index contributed by atoms with van der Waals surface area (Å²) in [6, 6.07) is 11.8. The fourth-order valence-electron chi connectivity index (χ4n) is 2.93. The maximum absolute atomic E-state index is 12.7. The monoisotopic (exact) mass is 395 g/mol. The van der Waals surface area contributed by atoms with E-state index in [1.165, 1.54) is 19.2 Å². The Morgan fingerprint density at radius 2 is 1.82 bits per heavy atom. The van der Waals surface area contributed by atoms with Crippen LogP contribution in [0.2, 0.25) is 0 Å². The van der Waals surface area contributed by atoms with Gasteiger partial charge in [-0.25, -0.2) is 0 Å². The van der Waals surface area contributed by atoms with Gasteiger partial charge in [0.15, 0.2) is 18.1 Å². The van der Waals surface area contributed by atoms with E-state index in [1.54, 1.807) is 29.2 Å². The Bertz CT molecular complexity index is 808. The van der Waals surface area contributed by atoms with E-state index in [-0.39, 0.29) is 19.1 Å². The van der Waals surface area contributed by atoms with E-state index in [4.69, 9.17) is 14.2 Å². The van der Waals surface area contributed by atoms with Crippen molar-refractivity contribution in [2.45, 2.75) is 12.3 Å². The molecule has 0 bridgehead atoms. The van der Waals surface area contributed by atoms with Crippen LogP contribution in [0.4, 0.5) is 13.2 Å². The molecule has 2 aromatic rings. The van der Waals surface area contributed by atoms with E-state index >= 15 is 0 Å². The number of hydrogen-bond acceptors (Lipinski definition) is 4. The van der Waals surface area contributed by atoms with Crippen molar-refractivity contribution in [2.24, 2.45) is 0 Å². The minimum atomic E-state index is -4.39. The number of para-hydroxylation sites is 2. The summed E-state index contributed by atoms with van der Waals surface area (Å²) in [5.74, 6) is 0.761. The van der Waals surface area contributed by atoms with Gasteiger partial charge >= 0.3 is 6.18 Å². The van der Waals surface area contributed by atoms with Gasteiger partial charge in [-0.3, -0.25) is 4.79 Å². The zero-order valence-electron chi connectivity index (χ0n) is 15.2. The van der Waals surface area contributed by atoms with E-state index in [9.17, 15) is 18.0 Å². The number of hydrogen-bond donors (Lipinski definition) is 0. The zero-order valence-corrected chi connectivity index (χ0v) is 15.2. The van der Waals surface area contributed by atoms with Crippen LogP contribution in [0.1, 0.15) is 17.2 Å². The molecule has 0 aromatic heterocycles. The Morgan fingerprint density at radius 3 is 2.46 bits per heavy atom. The highest BCUT2D eigenvalue weighted by atomic mass is 19.4. The fraction of sp³-hybridized carbons (Fsp3) is 0.350. The van der Waals surface area contributed by atoms with Gasteiger partial charge in [-0.1, -0.05) is 24.3 Å². The summed E-state index contributed by atoms with van der Waals surface area (Å²) in [5, 5.41) is 0. The molecule has 1 fully saturated rings. The molecule has 2 aromatic carbocycles. The van der Waals surface area contributed by atoms with Crippen molar-refractivity contribution in [3.05, 3.63) is 59.7 Å². The van der Waals surface area contributed by atoms with Gasteiger partial charge in [-0.05, 0) is 29.8 Å². The summed E-state index contributed by atoms with van der Waals surface area (Å²) in [6.07, 6.45) is -4.87. The molecule has 8 heteroatoms. The van der Waals surface area contributed by atoms with E-state index in [1.807, 2.05) is 0 Å². The number of methoxy groups -OCH3 is 1. The minimum Gasteiger partial charge on any atom is -0.493 e. The van der Waals surface area contributed by atoms with Gasteiger partial charge in [0.25, 0.3) is 5.91 Å².